The first-order valence-electron chi connectivity index (χ1n) is 10.4. The predicted molar refractivity (Wildman–Crippen MR) is 134 cm³/mol. The predicted octanol–water partition coefficient (Wildman–Crippen LogP) is 4.68. The lowest BCUT2D eigenvalue weighted by molar-refractivity contribution is -0.113. The minimum atomic E-state index is -3.29. The molecule has 0 spiro atoms. The van der Waals surface area contributed by atoms with E-state index in [0.717, 1.165) is 29.0 Å². The third-order valence-corrected chi connectivity index (χ3v) is 7.09. The van der Waals surface area contributed by atoms with Crippen LogP contribution in [0.15, 0.2) is 95.1 Å². The second-order valence-corrected chi connectivity index (χ2v) is 10.4. The molecule has 1 aromatic heterocycles. The van der Waals surface area contributed by atoms with Crippen LogP contribution in [0.3, 0.4) is 0 Å². The standard InChI is InChI=1S/C25H23N3O4S2/c1-32-21-10-6-9-20(15-21)28-23(18-7-4-3-5-8-18)16-26-25(28)33-17-24(29)27-19-11-13-22(14-12-19)34(2,30)31/h3-16H,17H2,1-2H3,(H,27,29). The summed E-state index contributed by atoms with van der Waals surface area (Å²) in [6, 6.07) is 23.7. The molecule has 1 amide bonds. The Morgan fingerprint density at radius 1 is 1.03 bits per heavy atom. The minimum Gasteiger partial charge on any atom is -0.497 e. The van der Waals surface area contributed by atoms with Crippen molar-refractivity contribution in [1.82, 2.24) is 9.55 Å². The molecule has 9 heteroatoms. The Kier molecular flexibility index (Phi) is 7.04. The minimum absolute atomic E-state index is 0.128. The highest BCUT2D eigenvalue weighted by molar-refractivity contribution is 7.99. The summed E-state index contributed by atoms with van der Waals surface area (Å²) in [5.74, 6) is 0.623. The number of thioether (sulfide) groups is 1. The van der Waals surface area contributed by atoms with Crippen LogP contribution in [0.2, 0.25) is 0 Å². The molecule has 4 aromatic rings. The SMILES string of the molecule is COc1cccc(-n2c(-c3ccccc3)cnc2SCC(=O)Nc2ccc(S(C)(=O)=O)cc2)c1. The van der Waals surface area contributed by atoms with Gasteiger partial charge < -0.3 is 10.1 Å². The maximum absolute atomic E-state index is 12.6. The van der Waals surface area contributed by atoms with E-state index >= 15 is 0 Å². The molecule has 0 bridgehead atoms. The number of aromatic nitrogens is 2. The van der Waals surface area contributed by atoms with Crippen molar-refractivity contribution in [3.63, 3.8) is 0 Å². The number of hydrogen-bond donors (Lipinski definition) is 1. The fourth-order valence-electron chi connectivity index (χ4n) is 3.36. The van der Waals surface area contributed by atoms with Crippen LogP contribution in [0, 0.1) is 0 Å². The summed E-state index contributed by atoms with van der Waals surface area (Å²) in [7, 11) is -1.67. The van der Waals surface area contributed by atoms with E-state index in [2.05, 4.69) is 10.3 Å². The third kappa shape index (κ3) is 5.49. The smallest absolute Gasteiger partial charge is 0.234 e. The highest BCUT2D eigenvalue weighted by Crippen LogP contribution is 2.31. The Balaban J connectivity index is 1.56. The van der Waals surface area contributed by atoms with Crippen molar-refractivity contribution in [2.45, 2.75) is 10.1 Å². The lowest BCUT2D eigenvalue weighted by Crippen LogP contribution is -2.14. The molecular weight excluding hydrogens is 470 g/mol. The number of methoxy groups -OCH3 is 1. The van der Waals surface area contributed by atoms with Gasteiger partial charge in [-0.3, -0.25) is 9.36 Å². The number of nitrogens with zero attached hydrogens (tertiary/aromatic N) is 2. The summed E-state index contributed by atoms with van der Waals surface area (Å²) in [5.41, 5.74) is 3.29. The van der Waals surface area contributed by atoms with E-state index < -0.39 is 9.84 Å². The third-order valence-electron chi connectivity index (χ3n) is 5.01. The molecule has 174 valence electrons. The zero-order chi connectivity index (χ0) is 24.1. The first-order chi connectivity index (χ1) is 16.3. The van der Waals surface area contributed by atoms with Crippen LogP contribution < -0.4 is 10.1 Å². The summed E-state index contributed by atoms with van der Waals surface area (Å²) in [5, 5.41) is 3.46. The summed E-state index contributed by atoms with van der Waals surface area (Å²) < 4.78 is 30.6. The van der Waals surface area contributed by atoms with Gasteiger partial charge in [0, 0.05) is 23.6 Å². The number of amides is 1. The molecule has 1 heterocycles. The Morgan fingerprint density at radius 3 is 2.44 bits per heavy atom. The fourth-order valence-corrected chi connectivity index (χ4v) is 4.78. The van der Waals surface area contributed by atoms with Crippen LogP contribution in [0.1, 0.15) is 0 Å². The maximum atomic E-state index is 12.6. The molecule has 7 nitrogen and oxygen atoms in total. The van der Waals surface area contributed by atoms with Crippen molar-refractivity contribution in [3.05, 3.63) is 85.1 Å². The molecule has 0 saturated heterocycles. The first kappa shape index (κ1) is 23.6. The molecule has 0 atom stereocenters. The summed E-state index contributed by atoms with van der Waals surface area (Å²) >= 11 is 1.31. The molecule has 0 radical (unpaired) electrons. The Morgan fingerprint density at radius 2 is 1.76 bits per heavy atom. The van der Waals surface area contributed by atoms with Gasteiger partial charge in [0.15, 0.2) is 15.0 Å². The second-order valence-electron chi connectivity index (χ2n) is 7.46. The molecule has 34 heavy (non-hydrogen) atoms. The average Bonchev–Trinajstić information content (AvgIpc) is 3.27. The topological polar surface area (TPSA) is 90.3 Å². The lowest BCUT2D eigenvalue weighted by atomic mass is 10.1. The van der Waals surface area contributed by atoms with Crippen LogP contribution in [0.25, 0.3) is 16.9 Å². The van der Waals surface area contributed by atoms with Gasteiger partial charge in [0.25, 0.3) is 0 Å². The number of nitrogens with one attached hydrogen (secondary N) is 1. The van der Waals surface area contributed by atoms with E-state index in [9.17, 15) is 13.2 Å². The van der Waals surface area contributed by atoms with Crippen molar-refractivity contribution in [1.29, 1.82) is 0 Å². The Labute approximate surface area is 202 Å². The highest BCUT2D eigenvalue weighted by Gasteiger charge is 2.16. The van der Waals surface area contributed by atoms with Gasteiger partial charge in [-0.05, 0) is 36.4 Å². The number of anilines is 1. The maximum Gasteiger partial charge on any atom is 0.234 e. The molecule has 3 aromatic carbocycles. The molecule has 0 unspecified atom stereocenters. The van der Waals surface area contributed by atoms with Gasteiger partial charge in [0.1, 0.15) is 5.75 Å². The number of sulfone groups is 1. The average molecular weight is 494 g/mol. The normalized spacial score (nSPS) is 11.2. The van der Waals surface area contributed by atoms with Crippen LogP contribution in [-0.4, -0.2) is 43.0 Å². The van der Waals surface area contributed by atoms with Crippen molar-refractivity contribution in [2.24, 2.45) is 0 Å². The summed E-state index contributed by atoms with van der Waals surface area (Å²) in [6.07, 6.45) is 2.93. The van der Waals surface area contributed by atoms with E-state index in [-0.39, 0.29) is 16.6 Å². The fraction of sp³-hybridized carbons (Fsp3) is 0.120. The number of hydrogen-bond acceptors (Lipinski definition) is 6. The van der Waals surface area contributed by atoms with E-state index in [1.54, 1.807) is 25.4 Å². The lowest BCUT2D eigenvalue weighted by Gasteiger charge is -2.13. The van der Waals surface area contributed by atoms with Gasteiger partial charge in [-0.25, -0.2) is 13.4 Å². The number of carbonyl (C=O) groups is 1. The van der Waals surface area contributed by atoms with E-state index in [1.807, 2.05) is 59.2 Å². The summed E-state index contributed by atoms with van der Waals surface area (Å²) in [6.45, 7) is 0. The van der Waals surface area contributed by atoms with Gasteiger partial charge in [0.05, 0.1) is 35.3 Å². The van der Waals surface area contributed by atoms with E-state index in [0.29, 0.717) is 10.8 Å². The number of ether oxygens (including phenoxy) is 1. The first-order valence-corrected chi connectivity index (χ1v) is 13.2. The van der Waals surface area contributed by atoms with Crippen molar-refractivity contribution >= 4 is 33.2 Å². The van der Waals surface area contributed by atoms with E-state index in [4.69, 9.17) is 4.74 Å². The molecule has 0 aliphatic carbocycles. The van der Waals surface area contributed by atoms with Crippen LogP contribution in [-0.2, 0) is 14.6 Å². The molecular formula is C25H23N3O4S2. The van der Waals surface area contributed by atoms with Gasteiger partial charge in [-0.2, -0.15) is 0 Å². The molecule has 0 aliphatic heterocycles. The van der Waals surface area contributed by atoms with Crippen molar-refractivity contribution < 1.29 is 17.9 Å². The Bertz CT molecular complexity index is 1400. The van der Waals surface area contributed by atoms with Crippen LogP contribution >= 0.6 is 11.8 Å². The number of rotatable bonds is 8. The van der Waals surface area contributed by atoms with Gasteiger partial charge >= 0.3 is 0 Å². The summed E-state index contributed by atoms with van der Waals surface area (Å²) in [4.78, 5) is 17.4. The molecule has 0 aliphatic rings. The number of carbonyl (C=O) groups excluding carboxylic acids is 1. The van der Waals surface area contributed by atoms with Gasteiger partial charge in [-0.15, -0.1) is 0 Å². The van der Waals surface area contributed by atoms with Crippen molar-refractivity contribution in [2.75, 3.05) is 24.4 Å². The number of benzene rings is 3. The molecule has 1 N–H and O–H groups in total. The molecule has 0 saturated carbocycles. The van der Waals surface area contributed by atoms with E-state index in [1.165, 1.54) is 23.9 Å². The van der Waals surface area contributed by atoms with Crippen molar-refractivity contribution in [3.8, 4) is 22.7 Å². The monoisotopic (exact) mass is 493 g/mol. The van der Waals surface area contributed by atoms with Gasteiger partial charge in [0.2, 0.25) is 5.91 Å². The largest absolute Gasteiger partial charge is 0.497 e. The second kappa shape index (κ2) is 10.1. The number of imidazole rings is 1. The quantitative estimate of drug-likeness (QED) is 0.359. The Hall–Kier alpha value is -3.56. The highest BCUT2D eigenvalue weighted by atomic mass is 32.2. The zero-order valence-electron chi connectivity index (χ0n) is 18.6. The molecule has 0 fully saturated rings. The van der Waals surface area contributed by atoms with Gasteiger partial charge in [-0.1, -0.05) is 48.2 Å². The van der Waals surface area contributed by atoms with Crippen LogP contribution in [0.5, 0.6) is 5.75 Å². The zero-order valence-corrected chi connectivity index (χ0v) is 20.3. The van der Waals surface area contributed by atoms with Crippen LogP contribution in [0.4, 0.5) is 5.69 Å². The molecule has 4 rings (SSSR count).